The Morgan fingerprint density at radius 3 is 2.81 bits per heavy atom. The molecule has 5 nitrogen and oxygen atoms in total. The van der Waals surface area contributed by atoms with Crippen LogP contribution in [0.3, 0.4) is 0 Å². The molecule has 2 aliphatic heterocycles. The molecule has 1 aromatic rings. The Morgan fingerprint density at radius 1 is 1.42 bits per heavy atom. The van der Waals surface area contributed by atoms with E-state index in [2.05, 4.69) is 4.99 Å². The number of benzene rings is 1. The predicted molar refractivity (Wildman–Crippen MR) is 99.0 cm³/mol. The van der Waals surface area contributed by atoms with E-state index in [4.69, 9.17) is 4.74 Å². The van der Waals surface area contributed by atoms with Crippen LogP contribution in [0, 0.1) is 11.7 Å². The number of thioether (sulfide) groups is 1. The van der Waals surface area contributed by atoms with Gasteiger partial charge in [0.25, 0.3) is 0 Å². The van der Waals surface area contributed by atoms with Gasteiger partial charge in [-0.25, -0.2) is 14.2 Å². The van der Waals surface area contributed by atoms with Gasteiger partial charge in [0, 0.05) is 0 Å². The first-order valence-electron chi connectivity index (χ1n) is 8.51. The number of ether oxygens (including phenoxy) is 1. The number of allylic oxidation sites excluding steroid dienone is 1. The van der Waals surface area contributed by atoms with Gasteiger partial charge in [0.2, 0.25) is 5.91 Å². The average Bonchev–Trinajstić information content (AvgIpc) is 2.85. The first kappa shape index (κ1) is 18.6. The second-order valence-corrected chi connectivity index (χ2v) is 8.12. The molecule has 138 valence electrons. The molecular weight excluding hydrogens is 355 g/mol. The van der Waals surface area contributed by atoms with Crippen molar-refractivity contribution in [2.24, 2.45) is 10.9 Å². The fraction of sp³-hybridized carbons (Fsp3) is 0.421. The van der Waals surface area contributed by atoms with Crippen molar-refractivity contribution in [1.82, 2.24) is 4.90 Å². The van der Waals surface area contributed by atoms with Crippen LogP contribution >= 0.6 is 11.8 Å². The number of aliphatic imine (C=N–C) groups is 1. The molecule has 0 N–H and O–H groups in total. The Morgan fingerprint density at radius 2 is 2.15 bits per heavy atom. The van der Waals surface area contributed by atoms with E-state index in [-0.39, 0.29) is 29.3 Å². The molecule has 7 heteroatoms. The zero-order valence-electron chi connectivity index (χ0n) is 15.2. The molecule has 1 amide bonds. The second kappa shape index (κ2) is 7.23. The lowest BCUT2D eigenvalue weighted by atomic mass is 9.94. The molecule has 0 spiro atoms. The summed E-state index contributed by atoms with van der Waals surface area (Å²) in [6.45, 7) is 7.66. The Kier molecular flexibility index (Phi) is 5.18. The van der Waals surface area contributed by atoms with Crippen molar-refractivity contribution in [2.75, 3.05) is 6.61 Å². The lowest BCUT2D eigenvalue weighted by Crippen LogP contribution is -2.40. The third-order valence-electron chi connectivity index (χ3n) is 4.19. The molecule has 1 aromatic carbocycles. The number of carbonyl (C=O) groups is 2. The number of rotatable bonds is 4. The van der Waals surface area contributed by atoms with Gasteiger partial charge in [0.1, 0.15) is 5.82 Å². The summed E-state index contributed by atoms with van der Waals surface area (Å²) in [6, 6.07) is 5.22. The van der Waals surface area contributed by atoms with Crippen molar-refractivity contribution in [3.63, 3.8) is 0 Å². The molecule has 1 fully saturated rings. The van der Waals surface area contributed by atoms with Crippen molar-refractivity contribution in [1.29, 1.82) is 0 Å². The number of esters is 1. The van der Waals surface area contributed by atoms with Gasteiger partial charge in [0.15, 0.2) is 5.17 Å². The zero-order chi connectivity index (χ0) is 19.0. The SMILES string of the molecule is CC1=C(C(=O)OCC(C)C)[C@@H](c2cccc(F)c2)N2C(=O)[C@H](C)SC2=N1. The van der Waals surface area contributed by atoms with E-state index in [0.717, 1.165) is 0 Å². The quantitative estimate of drug-likeness (QED) is 0.753. The summed E-state index contributed by atoms with van der Waals surface area (Å²) >= 11 is 1.34. The standard InChI is InChI=1S/C19H21FN2O3S/c1-10(2)9-25-18(24)15-11(3)21-19-22(17(23)12(4)26-19)16(15)13-6-5-7-14(20)8-13/h5-8,10,12,16H,9H2,1-4H3/t12-,16+/m0/s1. The molecule has 3 rings (SSSR count). The number of amides is 1. The summed E-state index contributed by atoms with van der Waals surface area (Å²) in [5.41, 5.74) is 1.30. The summed E-state index contributed by atoms with van der Waals surface area (Å²) in [6.07, 6.45) is 0. The lowest BCUT2D eigenvalue weighted by molar-refractivity contribution is -0.141. The zero-order valence-corrected chi connectivity index (χ0v) is 16.0. The Bertz CT molecular complexity index is 819. The molecule has 2 heterocycles. The number of nitrogens with zero attached hydrogens (tertiary/aromatic N) is 2. The molecule has 0 unspecified atom stereocenters. The van der Waals surface area contributed by atoms with Gasteiger partial charge in [0.05, 0.1) is 29.2 Å². The van der Waals surface area contributed by atoms with Gasteiger partial charge < -0.3 is 4.74 Å². The Labute approximate surface area is 156 Å². The van der Waals surface area contributed by atoms with Crippen LogP contribution in [0.4, 0.5) is 4.39 Å². The van der Waals surface area contributed by atoms with Crippen molar-refractivity contribution < 1.29 is 18.7 Å². The van der Waals surface area contributed by atoms with E-state index in [0.29, 0.717) is 16.4 Å². The molecule has 0 aromatic heterocycles. The summed E-state index contributed by atoms with van der Waals surface area (Å²) in [7, 11) is 0. The molecular formula is C19H21FN2O3S. The minimum Gasteiger partial charge on any atom is -0.462 e. The molecule has 2 atom stereocenters. The molecule has 2 aliphatic rings. The smallest absolute Gasteiger partial charge is 0.338 e. The Balaban J connectivity index is 2.08. The first-order chi connectivity index (χ1) is 12.3. The highest BCUT2D eigenvalue weighted by Crippen LogP contribution is 2.43. The van der Waals surface area contributed by atoms with E-state index in [1.54, 1.807) is 26.0 Å². The molecule has 0 radical (unpaired) electrons. The van der Waals surface area contributed by atoms with Gasteiger partial charge in [-0.1, -0.05) is 37.7 Å². The fourth-order valence-corrected chi connectivity index (χ4v) is 4.01. The van der Waals surface area contributed by atoms with Crippen LogP contribution in [0.2, 0.25) is 0 Å². The summed E-state index contributed by atoms with van der Waals surface area (Å²) in [5.74, 6) is -0.916. The highest BCUT2D eigenvalue weighted by Gasteiger charge is 2.46. The van der Waals surface area contributed by atoms with Crippen LogP contribution in [0.1, 0.15) is 39.3 Å². The van der Waals surface area contributed by atoms with Gasteiger partial charge >= 0.3 is 5.97 Å². The summed E-state index contributed by atoms with van der Waals surface area (Å²) in [4.78, 5) is 31.4. The number of hydrogen-bond acceptors (Lipinski definition) is 5. The van der Waals surface area contributed by atoms with E-state index >= 15 is 0 Å². The second-order valence-electron chi connectivity index (χ2n) is 6.81. The van der Waals surface area contributed by atoms with Crippen molar-refractivity contribution in [2.45, 2.75) is 39.0 Å². The van der Waals surface area contributed by atoms with Crippen molar-refractivity contribution in [3.05, 3.63) is 46.9 Å². The monoisotopic (exact) mass is 376 g/mol. The molecule has 1 saturated heterocycles. The van der Waals surface area contributed by atoms with Crippen LogP contribution in [-0.2, 0) is 14.3 Å². The van der Waals surface area contributed by atoms with Gasteiger partial charge in [-0.15, -0.1) is 0 Å². The van der Waals surface area contributed by atoms with Crippen molar-refractivity contribution >= 4 is 28.8 Å². The maximum atomic E-state index is 13.8. The number of amidine groups is 1. The third-order valence-corrected chi connectivity index (χ3v) is 5.24. The molecule has 0 bridgehead atoms. The molecule has 0 aliphatic carbocycles. The maximum Gasteiger partial charge on any atom is 0.338 e. The number of hydrogen-bond donors (Lipinski definition) is 0. The average molecular weight is 376 g/mol. The lowest BCUT2D eigenvalue weighted by Gasteiger charge is -2.33. The number of fused-ring (bicyclic) bond motifs is 1. The van der Waals surface area contributed by atoms with E-state index in [1.165, 1.54) is 28.8 Å². The van der Waals surface area contributed by atoms with Gasteiger partial charge in [-0.2, -0.15) is 0 Å². The van der Waals surface area contributed by atoms with E-state index in [9.17, 15) is 14.0 Å². The van der Waals surface area contributed by atoms with Crippen LogP contribution in [0.5, 0.6) is 0 Å². The van der Waals surface area contributed by atoms with Crippen LogP contribution in [0.25, 0.3) is 0 Å². The Hall–Kier alpha value is -2.15. The third kappa shape index (κ3) is 3.40. The van der Waals surface area contributed by atoms with Crippen LogP contribution < -0.4 is 0 Å². The van der Waals surface area contributed by atoms with Crippen molar-refractivity contribution in [3.8, 4) is 0 Å². The van der Waals surface area contributed by atoms with Gasteiger partial charge in [-0.3, -0.25) is 9.69 Å². The largest absolute Gasteiger partial charge is 0.462 e. The molecule has 26 heavy (non-hydrogen) atoms. The number of carbonyl (C=O) groups excluding carboxylic acids is 2. The number of halogens is 1. The minimum absolute atomic E-state index is 0.148. The van der Waals surface area contributed by atoms with E-state index < -0.39 is 17.8 Å². The molecule has 0 saturated carbocycles. The normalized spacial score (nSPS) is 22.6. The highest BCUT2D eigenvalue weighted by atomic mass is 32.2. The minimum atomic E-state index is -0.734. The van der Waals surface area contributed by atoms with Crippen LogP contribution in [0.15, 0.2) is 40.5 Å². The topological polar surface area (TPSA) is 59.0 Å². The fourth-order valence-electron chi connectivity index (χ4n) is 2.98. The first-order valence-corrected chi connectivity index (χ1v) is 9.39. The maximum absolute atomic E-state index is 13.8. The van der Waals surface area contributed by atoms with Gasteiger partial charge in [-0.05, 0) is 37.5 Å². The summed E-state index contributed by atoms with van der Waals surface area (Å²) < 4.78 is 19.2. The van der Waals surface area contributed by atoms with Crippen LogP contribution in [-0.4, -0.2) is 33.8 Å². The summed E-state index contributed by atoms with van der Waals surface area (Å²) in [5, 5.41) is 0.235. The van der Waals surface area contributed by atoms with E-state index in [1.807, 2.05) is 13.8 Å². The highest BCUT2D eigenvalue weighted by molar-refractivity contribution is 8.15. The predicted octanol–water partition coefficient (Wildman–Crippen LogP) is 3.67.